The normalized spacial score (nSPS) is 28.5. The van der Waals surface area contributed by atoms with Gasteiger partial charge in [-0.15, -0.1) is 0 Å². The molecule has 1 saturated heterocycles. The molecule has 4 rings (SSSR count). The van der Waals surface area contributed by atoms with Gasteiger partial charge in [-0.25, -0.2) is 4.68 Å². The molecule has 0 bridgehead atoms. The first-order chi connectivity index (χ1) is 12.7. The van der Waals surface area contributed by atoms with E-state index in [4.69, 9.17) is 4.74 Å². The van der Waals surface area contributed by atoms with Gasteiger partial charge in [0, 0.05) is 31.5 Å². The molecule has 146 valence electrons. The van der Waals surface area contributed by atoms with Crippen molar-refractivity contribution in [2.45, 2.75) is 56.6 Å². The quantitative estimate of drug-likeness (QED) is 0.837. The van der Waals surface area contributed by atoms with Gasteiger partial charge in [0.05, 0.1) is 29.5 Å². The number of aliphatic hydroxyl groups is 1. The molecular formula is C19H22F3N3O2. The molecule has 0 amide bonds. The van der Waals surface area contributed by atoms with Crippen LogP contribution >= 0.6 is 0 Å². The van der Waals surface area contributed by atoms with Crippen molar-refractivity contribution in [3.63, 3.8) is 0 Å². The van der Waals surface area contributed by atoms with Gasteiger partial charge < -0.3 is 15.2 Å². The molecule has 0 aliphatic carbocycles. The average molecular weight is 381 g/mol. The number of aryl methyl sites for hydroxylation is 1. The third-order valence-corrected chi connectivity index (χ3v) is 5.30. The summed E-state index contributed by atoms with van der Waals surface area (Å²) in [5.41, 5.74) is -0.657. The molecule has 2 aliphatic heterocycles. The summed E-state index contributed by atoms with van der Waals surface area (Å²) in [5.74, 6) is 0.717. The fraction of sp³-hybridized carbons (Fsp3) is 0.526. The number of halogens is 3. The molecule has 1 aromatic carbocycles. The van der Waals surface area contributed by atoms with Crippen LogP contribution in [-0.2, 0) is 18.3 Å². The number of hydrogen-bond donors (Lipinski definition) is 2. The Balaban J connectivity index is 1.60. The second-order valence-corrected chi connectivity index (χ2v) is 7.47. The summed E-state index contributed by atoms with van der Waals surface area (Å²) in [6.07, 6.45) is -2.74. The molecule has 1 unspecified atom stereocenters. The molecule has 0 saturated carbocycles. The zero-order valence-corrected chi connectivity index (χ0v) is 15.0. The second kappa shape index (κ2) is 6.53. The summed E-state index contributed by atoms with van der Waals surface area (Å²) in [6.45, 7) is 3.41. The van der Waals surface area contributed by atoms with Crippen LogP contribution in [0.2, 0.25) is 0 Å². The van der Waals surface area contributed by atoms with E-state index in [1.54, 1.807) is 0 Å². The number of nitrogens with one attached hydrogen (secondary N) is 1. The van der Waals surface area contributed by atoms with E-state index in [2.05, 4.69) is 10.4 Å². The monoisotopic (exact) mass is 381 g/mol. The number of ether oxygens (including phenoxy) is 1. The van der Waals surface area contributed by atoms with E-state index in [1.807, 2.05) is 17.7 Å². The highest BCUT2D eigenvalue weighted by Crippen LogP contribution is 2.41. The molecule has 2 aliphatic rings. The maximum atomic E-state index is 12.8. The summed E-state index contributed by atoms with van der Waals surface area (Å²) < 4.78 is 45.9. The lowest BCUT2D eigenvalue weighted by molar-refractivity contribution is -0.137. The first kappa shape index (κ1) is 18.3. The highest BCUT2D eigenvalue weighted by Gasteiger charge is 2.41. The Morgan fingerprint density at radius 2 is 2.00 bits per heavy atom. The Kier molecular flexibility index (Phi) is 4.43. The molecule has 8 heteroatoms. The van der Waals surface area contributed by atoms with Crippen LogP contribution in [-0.4, -0.2) is 27.5 Å². The van der Waals surface area contributed by atoms with Crippen LogP contribution in [0.3, 0.4) is 0 Å². The van der Waals surface area contributed by atoms with Gasteiger partial charge in [0.2, 0.25) is 5.88 Å². The van der Waals surface area contributed by atoms with Crippen LogP contribution in [0.15, 0.2) is 30.3 Å². The van der Waals surface area contributed by atoms with Crippen molar-refractivity contribution in [2.24, 2.45) is 0 Å². The highest BCUT2D eigenvalue weighted by molar-refractivity contribution is 5.31. The fourth-order valence-corrected chi connectivity index (χ4v) is 4.04. The third-order valence-electron chi connectivity index (χ3n) is 5.30. The number of benzene rings is 1. The minimum Gasteiger partial charge on any atom is -0.478 e. The van der Waals surface area contributed by atoms with E-state index in [9.17, 15) is 18.3 Å². The van der Waals surface area contributed by atoms with Gasteiger partial charge >= 0.3 is 6.18 Å². The van der Waals surface area contributed by atoms with Crippen LogP contribution in [0.25, 0.3) is 0 Å². The Bertz CT molecular complexity index is 795. The molecule has 1 aromatic heterocycles. The molecule has 3 atom stereocenters. The van der Waals surface area contributed by atoms with E-state index in [0.717, 1.165) is 30.8 Å². The Morgan fingerprint density at radius 1 is 1.26 bits per heavy atom. The van der Waals surface area contributed by atoms with Gasteiger partial charge in [-0.1, -0.05) is 12.1 Å². The summed E-state index contributed by atoms with van der Waals surface area (Å²) in [5, 5.41) is 19.3. The first-order valence-electron chi connectivity index (χ1n) is 9.11. The van der Waals surface area contributed by atoms with Gasteiger partial charge in [-0.05, 0) is 31.0 Å². The molecule has 0 radical (unpaired) electrons. The Labute approximate surface area is 155 Å². The number of nitrogens with zero attached hydrogens (tertiary/aromatic N) is 2. The minimum atomic E-state index is -4.39. The number of alkyl halides is 3. The lowest BCUT2D eigenvalue weighted by Crippen LogP contribution is -2.47. The number of fused-ring (bicyclic) bond motifs is 1. The van der Waals surface area contributed by atoms with Crippen molar-refractivity contribution >= 4 is 0 Å². The summed E-state index contributed by atoms with van der Waals surface area (Å²) >= 11 is 0. The number of hydrogen-bond acceptors (Lipinski definition) is 4. The molecule has 2 N–H and O–H groups in total. The topological polar surface area (TPSA) is 59.3 Å². The SMILES string of the molecule is C[C@H]1CC(O)(c2ccc(C(F)(F)F)cc2)C[C@@H](c2cc3n(n2)CCCO3)N1. The largest absolute Gasteiger partial charge is 0.478 e. The van der Waals surface area contributed by atoms with Crippen molar-refractivity contribution in [2.75, 3.05) is 6.61 Å². The van der Waals surface area contributed by atoms with Gasteiger partial charge in [0.1, 0.15) is 0 Å². The van der Waals surface area contributed by atoms with Crippen molar-refractivity contribution in [3.05, 3.63) is 47.2 Å². The zero-order chi connectivity index (χ0) is 19.2. The maximum Gasteiger partial charge on any atom is 0.416 e. The molecule has 0 spiro atoms. The van der Waals surface area contributed by atoms with Crippen molar-refractivity contribution in [3.8, 4) is 5.88 Å². The summed E-state index contributed by atoms with van der Waals surface area (Å²) in [4.78, 5) is 0. The van der Waals surface area contributed by atoms with E-state index in [0.29, 0.717) is 30.9 Å². The molecule has 3 heterocycles. The Morgan fingerprint density at radius 3 is 2.67 bits per heavy atom. The van der Waals surface area contributed by atoms with E-state index in [-0.39, 0.29) is 12.1 Å². The van der Waals surface area contributed by atoms with E-state index < -0.39 is 17.3 Å². The van der Waals surface area contributed by atoms with Gasteiger partial charge in [0.25, 0.3) is 0 Å². The second-order valence-electron chi connectivity index (χ2n) is 7.47. The predicted molar refractivity (Wildman–Crippen MR) is 92.3 cm³/mol. The van der Waals surface area contributed by atoms with Gasteiger partial charge in [-0.3, -0.25) is 0 Å². The van der Waals surface area contributed by atoms with Crippen LogP contribution in [0.4, 0.5) is 13.2 Å². The van der Waals surface area contributed by atoms with Gasteiger partial charge in [0.15, 0.2) is 0 Å². The lowest BCUT2D eigenvalue weighted by atomic mass is 9.78. The standard InChI is InChI=1S/C19H22F3N3O2/c1-12-10-18(26,13-3-5-14(6-4-13)19(20,21)22)11-16(23-12)15-9-17-25(24-15)7-2-8-27-17/h3-6,9,12,16,23,26H,2,7-8,10-11H2,1H3/t12-,16-,18?/m0/s1. The molecule has 27 heavy (non-hydrogen) atoms. The predicted octanol–water partition coefficient (Wildman–Crippen LogP) is 3.39. The maximum absolute atomic E-state index is 12.8. The first-order valence-corrected chi connectivity index (χ1v) is 9.11. The van der Waals surface area contributed by atoms with Crippen molar-refractivity contribution < 1.29 is 23.0 Å². The zero-order valence-electron chi connectivity index (χ0n) is 15.0. The van der Waals surface area contributed by atoms with Crippen LogP contribution in [0.1, 0.15) is 49.0 Å². The number of aromatic nitrogens is 2. The number of piperidine rings is 1. The lowest BCUT2D eigenvalue weighted by Gasteiger charge is -2.41. The number of rotatable bonds is 2. The smallest absolute Gasteiger partial charge is 0.416 e. The molecule has 2 aromatic rings. The van der Waals surface area contributed by atoms with Crippen molar-refractivity contribution in [1.82, 2.24) is 15.1 Å². The fourth-order valence-electron chi connectivity index (χ4n) is 4.04. The summed E-state index contributed by atoms with van der Waals surface area (Å²) in [7, 11) is 0. The minimum absolute atomic E-state index is 0.0179. The molecule has 5 nitrogen and oxygen atoms in total. The van der Waals surface area contributed by atoms with E-state index in [1.165, 1.54) is 12.1 Å². The molecule has 1 fully saturated rings. The van der Waals surface area contributed by atoms with Crippen LogP contribution < -0.4 is 10.1 Å². The van der Waals surface area contributed by atoms with Crippen molar-refractivity contribution in [1.29, 1.82) is 0 Å². The Hall–Kier alpha value is -2.06. The van der Waals surface area contributed by atoms with E-state index >= 15 is 0 Å². The molecular weight excluding hydrogens is 359 g/mol. The third kappa shape index (κ3) is 3.55. The van der Waals surface area contributed by atoms with Gasteiger partial charge in [-0.2, -0.15) is 18.3 Å². The summed E-state index contributed by atoms with van der Waals surface area (Å²) in [6, 6.07) is 6.45. The van der Waals surface area contributed by atoms with Crippen LogP contribution in [0, 0.1) is 0 Å². The van der Waals surface area contributed by atoms with Crippen LogP contribution in [0.5, 0.6) is 5.88 Å². The highest BCUT2D eigenvalue weighted by atomic mass is 19.4. The average Bonchev–Trinajstić information content (AvgIpc) is 3.05.